The molecule has 130 valence electrons. The van der Waals surface area contributed by atoms with Gasteiger partial charge in [-0.2, -0.15) is 5.10 Å². The van der Waals surface area contributed by atoms with Crippen molar-refractivity contribution in [1.82, 2.24) is 24.1 Å². The minimum absolute atomic E-state index is 0.146. The second-order valence-electron chi connectivity index (χ2n) is 6.21. The van der Waals surface area contributed by atoms with Crippen LogP contribution < -0.4 is 10.3 Å². The predicted octanol–water partition coefficient (Wildman–Crippen LogP) is 1.91. The Kier molecular flexibility index (Phi) is 4.07. The minimum Gasteiger partial charge on any atom is -0.375 e. The summed E-state index contributed by atoms with van der Waals surface area (Å²) in [5, 5.41) is 14.6. The third-order valence-electron chi connectivity index (χ3n) is 4.06. The fourth-order valence-corrected chi connectivity index (χ4v) is 3.54. The number of hydrogen-bond donors (Lipinski definition) is 2. The van der Waals surface area contributed by atoms with Gasteiger partial charge in [-0.05, 0) is 54.6 Å². The van der Waals surface area contributed by atoms with E-state index < -0.39 is 5.72 Å². The van der Waals surface area contributed by atoms with E-state index in [1.54, 1.807) is 23.0 Å². The summed E-state index contributed by atoms with van der Waals surface area (Å²) in [6, 6.07) is 5.38. The van der Waals surface area contributed by atoms with E-state index in [0.29, 0.717) is 17.4 Å². The van der Waals surface area contributed by atoms with Crippen LogP contribution in [0.2, 0.25) is 5.28 Å². The SMILES string of the molecule is Cn1cc(Cn2c(Cl)nc3ccc(SNC4(O)CC4)cc3c2=O)cn1. The molecule has 2 N–H and O–H groups in total. The van der Waals surface area contributed by atoms with Crippen LogP contribution in [0.4, 0.5) is 0 Å². The maximum atomic E-state index is 12.9. The smallest absolute Gasteiger partial charge is 0.262 e. The molecule has 1 aromatic carbocycles. The lowest BCUT2D eigenvalue weighted by atomic mass is 10.2. The average Bonchev–Trinajstić information content (AvgIpc) is 3.18. The van der Waals surface area contributed by atoms with Gasteiger partial charge in [-0.1, -0.05) is 0 Å². The number of nitrogens with one attached hydrogen (secondary N) is 1. The summed E-state index contributed by atoms with van der Waals surface area (Å²) >= 11 is 7.52. The van der Waals surface area contributed by atoms with Crippen LogP contribution in [0.25, 0.3) is 10.9 Å². The summed E-state index contributed by atoms with van der Waals surface area (Å²) in [6.07, 6.45) is 5.00. The van der Waals surface area contributed by atoms with Crippen molar-refractivity contribution in [3.63, 3.8) is 0 Å². The highest BCUT2D eigenvalue weighted by Crippen LogP contribution is 2.35. The van der Waals surface area contributed by atoms with E-state index in [2.05, 4.69) is 14.8 Å². The van der Waals surface area contributed by atoms with Gasteiger partial charge in [0.1, 0.15) is 5.72 Å². The molecule has 1 aliphatic carbocycles. The fraction of sp³-hybridized carbons (Fsp3) is 0.312. The van der Waals surface area contributed by atoms with Crippen LogP contribution in [0.15, 0.2) is 40.3 Å². The molecule has 7 nitrogen and oxygen atoms in total. The van der Waals surface area contributed by atoms with Crippen LogP contribution in [0.5, 0.6) is 0 Å². The molecule has 0 spiro atoms. The Morgan fingerprint density at radius 3 is 2.92 bits per heavy atom. The molecule has 2 heterocycles. The molecule has 0 amide bonds. The zero-order chi connectivity index (χ0) is 17.6. The topological polar surface area (TPSA) is 85.0 Å². The second-order valence-corrected chi connectivity index (χ2v) is 7.43. The molecule has 2 aromatic heterocycles. The number of aromatic nitrogens is 4. The standard InChI is InChI=1S/C16H16ClN5O2S/c1-21-8-10(7-18-21)9-22-14(23)12-6-11(25-20-16(24)4-5-16)2-3-13(12)19-15(22)17/h2-3,6-8,20,24H,4-5,9H2,1H3. The third kappa shape index (κ3) is 3.43. The van der Waals surface area contributed by atoms with Crippen molar-refractivity contribution in [2.75, 3.05) is 0 Å². The molecule has 0 unspecified atom stereocenters. The maximum Gasteiger partial charge on any atom is 0.262 e. The van der Waals surface area contributed by atoms with Crippen molar-refractivity contribution < 1.29 is 5.11 Å². The Balaban J connectivity index is 1.69. The first-order chi connectivity index (χ1) is 11.9. The average molecular weight is 378 g/mol. The first-order valence-electron chi connectivity index (χ1n) is 7.78. The van der Waals surface area contributed by atoms with E-state index in [9.17, 15) is 9.90 Å². The molecule has 0 radical (unpaired) electrons. The first-order valence-corrected chi connectivity index (χ1v) is 8.97. The lowest BCUT2D eigenvalue weighted by molar-refractivity contribution is 0.142. The maximum absolute atomic E-state index is 12.9. The number of halogens is 1. The highest BCUT2D eigenvalue weighted by atomic mass is 35.5. The van der Waals surface area contributed by atoms with Crippen molar-refractivity contribution in [3.8, 4) is 0 Å². The second kappa shape index (κ2) is 6.14. The van der Waals surface area contributed by atoms with E-state index in [1.165, 1.54) is 16.5 Å². The summed E-state index contributed by atoms with van der Waals surface area (Å²) < 4.78 is 6.11. The summed E-state index contributed by atoms with van der Waals surface area (Å²) in [7, 11) is 1.82. The Hall–Kier alpha value is -1.87. The molecule has 1 saturated carbocycles. The van der Waals surface area contributed by atoms with Crippen LogP contribution >= 0.6 is 23.5 Å². The van der Waals surface area contributed by atoms with Gasteiger partial charge in [-0.15, -0.1) is 0 Å². The summed E-state index contributed by atoms with van der Waals surface area (Å²) in [6.45, 7) is 0.309. The van der Waals surface area contributed by atoms with Gasteiger partial charge in [-0.25, -0.2) is 9.71 Å². The van der Waals surface area contributed by atoms with Crippen LogP contribution in [0, 0.1) is 0 Å². The first kappa shape index (κ1) is 16.6. The summed E-state index contributed by atoms with van der Waals surface area (Å²) in [5.41, 5.74) is 0.437. The number of rotatable bonds is 5. The van der Waals surface area contributed by atoms with Crippen molar-refractivity contribution in [1.29, 1.82) is 0 Å². The van der Waals surface area contributed by atoms with Gasteiger partial charge in [0, 0.05) is 23.7 Å². The molecule has 0 atom stereocenters. The zero-order valence-corrected chi connectivity index (χ0v) is 15.0. The monoisotopic (exact) mass is 377 g/mol. The van der Waals surface area contributed by atoms with E-state index in [1.807, 2.05) is 19.3 Å². The molecule has 4 rings (SSSR count). The number of aliphatic hydroxyl groups is 1. The van der Waals surface area contributed by atoms with Crippen molar-refractivity contribution in [3.05, 3.63) is 51.8 Å². The Bertz CT molecular complexity index is 1010. The number of benzene rings is 1. The molecular weight excluding hydrogens is 362 g/mol. The number of nitrogens with zero attached hydrogens (tertiary/aromatic N) is 4. The number of fused-ring (bicyclic) bond motifs is 1. The summed E-state index contributed by atoms with van der Waals surface area (Å²) in [4.78, 5) is 18.0. The molecule has 0 saturated heterocycles. The van der Waals surface area contributed by atoms with Gasteiger partial charge in [-0.3, -0.25) is 14.0 Å². The normalized spacial score (nSPS) is 15.6. The summed E-state index contributed by atoms with van der Waals surface area (Å²) in [5.74, 6) is 0. The molecule has 3 aromatic rings. The highest BCUT2D eigenvalue weighted by Gasteiger charge is 2.40. The molecule has 1 aliphatic rings. The van der Waals surface area contributed by atoms with Gasteiger partial charge >= 0.3 is 0 Å². The predicted molar refractivity (Wildman–Crippen MR) is 96.5 cm³/mol. The van der Waals surface area contributed by atoms with Crippen LogP contribution in [-0.4, -0.2) is 30.2 Å². The van der Waals surface area contributed by atoms with Crippen LogP contribution in [0.3, 0.4) is 0 Å². The molecule has 9 heteroatoms. The third-order valence-corrected chi connectivity index (χ3v) is 5.32. The largest absolute Gasteiger partial charge is 0.375 e. The van der Waals surface area contributed by atoms with Crippen molar-refractivity contribution >= 4 is 34.5 Å². The van der Waals surface area contributed by atoms with E-state index in [-0.39, 0.29) is 10.8 Å². The number of aryl methyl sites for hydroxylation is 1. The Morgan fingerprint density at radius 1 is 1.44 bits per heavy atom. The van der Waals surface area contributed by atoms with Gasteiger partial charge in [0.25, 0.3) is 5.56 Å². The van der Waals surface area contributed by atoms with Crippen LogP contribution in [-0.2, 0) is 13.6 Å². The minimum atomic E-state index is -0.779. The van der Waals surface area contributed by atoms with Gasteiger partial charge in [0.05, 0.1) is 23.6 Å². The van der Waals surface area contributed by atoms with Crippen molar-refractivity contribution in [2.24, 2.45) is 7.05 Å². The van der Waals surface area contributed by atoms with Gasteiger partial charge in [0.2, 0.25) is 5.28 Å². The lowest BCUT2D eigenvalue weighted by Crippen LogP contribution is -2.24. The molecule has 25 heavy (non-hydrogen) atoms. The van der Waals surface area contributed by atoms with Crippen LogP contribution in [0.1, 0.15) is 18.4 Å². The van der Waals surface area contributed by atoms with Crippen molar-refractivity contribution in [2.45, 2.75) is 30.0 Å². The van der Waals surface area contributed by atoms with E-state index >= 15 is 0 Å². The quantitative estimate of drug-likeness (QED) is 0.401. The lowest BCUT2D eigenvalue weighted by Gasteiger charge is -2.11. The molecule has 1 fully saturated rings. The van der Waals surface area contributed by atoms with Gasteiger partial charge in [0.15, 0.2) is 0 Å². The zero-order valence-electron chi connectivity index (χ0n) is 13.4. The molecule has 0 aliphatic heterocycles. The van der Waals surface area contributed by atoms with E-state index in [4.69, 9.17) is 11.6 Å². The number of hydrogen-bond acceptors (Lipinski definition) is 6. The fourth-order valence-electron chi connectivity index (χ4n) is 2.48. The highest BCUT2D eigenvalue weighted by molar-refractivity contribution is 7.97. The Labute approximate surface area is 152 Å². The molecule has 0 bridgehead atoms. The molecular formula is C16H16ClN5O2S. The Morgan fingerprint density at radius 2 is 2.24 bits per heavy atom. The van der Waals surface area contributed by atoms with Gasteiger partial charge < -0.3 is 5.11 Å². The van der Waals surface area contributed by atoms with E-state index in [0.717, 1.165) is 23.3 Å².